The van der Waals surface area contributed by atoms with Crippen LogP contribution in [0.1, 0.15) is 18.4 Å². The fourth-order valence-electron chi connectivity index (χ4n) is 2.42. The largest absolute Gasteiger partial charge is 0.419 e. The lowest BCUT2D eigenvalue weighted by Crippen LogP contribution is -2.43. The van der Waals surface area contributed by atoms with Crippen molar-refractivity contribution in [1.29, 1.82) is 0 Å². The van der Waals surface area contributed by atoms with E-state index in [2.05, 4.69) is 5.32 Å². The zero-order valence-electron chi connectivity index (χ0n) is 12.2. The molecule has 0 spiro atoms. The number of hydrogen-bond donors (Lipinski definition) is 1. The average Bonchev–Trinajstić information content (AvgIpc) is 2.46. The zero-order valence-corrected chi connectivity index (χ0v) is 13.9. The van der Waals surface area contributed by atoms with Crippen molar-refractivity contribution in [2.75, 3.05) is 20.1 Å². The molecule has 0 aliphatic carbocycles. The first-order chi connectivity index (χ1) is 10.2. The van der Waals surface area contributed by atoms with Crippen molar-refractivity contribution in [3.05, 3.63) is 29.6 Å². The number of hydrogen-bond acceptors (Lipinski definition) is 3. The van der Waals surface area contributed by atoms with Crippen molar-refractivity contribution >= 4 is 22.4 Å². The van der Waals surface area contributed by atoms with Gasteiger partial charge in [0.1, 0.15) is 5.82 Å². The Kier molecular flexibility index (Phi) is 6.42. The predicted molar refractivity (Wildman–Crippen MR) is 79.5 cm³/mol. The molecular weight excluding hydrogens is 360 g/mol. The molecular formula is C13H17ClF4N2O2S. The molecule has 1 fully saturated rings. The first-order valence-corrected chi connectivity index (χ1v) is 8.14. The van der Waals surface area contributed by atoms with Crippen LogP contribution in [-0.2, 0) is 16.2 Å². The normalized spacial score (nSPS) is 17.8. The molecule has 1 aromatic rings. The number of benzene rings is 1. The fourth-order valence-corrected chi connectivity index (χ4v) is 3.90. The van der Waals surface area contributed by atoms with Crippen molar-refractivity contribution in [3.63, 3.8) is 0 Å². The van der Waals surface area contributed by atoms with Gasteiger partial charge in [0.15, 0.2) is 0 Å². The van der Waals surface area contributed by atoms with Gasteiger partial charge in [0, 0.05) is 19.1 Å². The van der Waals surface area contributed by atoms with Crippen molar-refractivity contribution < 1.29 is 26.0 Å². The van der Waals surface area contributed by atoms with E-state index >= 15 is 0 Å². The molecule has 1 aliphatic rings. The second kappa shape index (κ2) is 7.33. The van der Waals surface area contributed by atoms with Crippen LogP contribution in [0.5, 0.6) is 0 Å². The molecule has 132 valence electrons. The molecule has 1 heterocycles. The Morgan fingerprint density at radius 1 is 1.22 bits per heavy atom. The smallest absolute Gasteiger partial charge is 0.317 e. The van der Waals surface area contributed by atoms with E-state index in [4.69, 9.17) is 0 Å². The third-order valence-corrected chi connectivity index (χ3v) is 5.64. The zero-order chi connectivity index (χ0) is 16.5. The van der Waals surface area contributed by atoms with Crippen LogP contribution >= 0.6 is 12.4 Å². The van der Waals surface area contributed by atoms with E-state index in [1.165, 1.54) is 4.31 Å². The lowest BCUT2D eigenvalue weighted by atomic mass is 10.1. The minimum absolute atomic E-state index is 0. The van der Waals surface area contributed by atoms with E-state index in [1.54, 1.807) is 7.05 Å². The molecule has 1 saturated heterocycles. The Labute approximate surface area is 138 Å². The molecule has 4 nitrogen and oxygen atoms in total. The average molecular weight is 377 g/mol. The Bertz CT molecular complexity index is 644. The summed E-state index contributed by atoms with van der Waals surface area (Å²) in [5, 5.41) is 3.04. The summed E-state index contributed by atoms with van der Waals surface area (Å²) in [5.74, 6) is -1.58. The van der Waals surface area contributed by atoms with Gasteiger partial charge in [0.25, 0.3) is 0 Å². The third kappa shape index (κ3) is 4.34. The SMILES string of the molecule is CNC1CCN(S(=O)(=O)c2ccc(C(F)(F)F)c(F)c2)CC1.Cl. The number of halogens is 5. The van der Waals surface area contributed by atoms with Gasteiger partial charge < -0.3 is 5.32 Å². The van der Waals surface area contributed by atoms with E-state index in [9.17, 15) is 26.0 Å². The maximum Gasteiger partial charge on any atom is 0.419 e. The highest BCUT2D eigenvalue weighted by Gasteiger charge is 2.36. The number of sulfonamides is 1. The second-order valence-corrected chi connectivity index (χ2v) is 7.04. The second-order valence-electron chi connectivity index (χ2n) is 5.11. The van der Waals surface area contributed by atoms with Crippen LogP contribution in [0.2, 0.25) is 0 Å². The van der Waals surface area contributed by atoms with E-state index < -0.39 is 32.5 Å². The lowest BCUT2D eigenvalue weighted by molar-refractivity contribution is -0.140. The Morgan fingerprint density at radius 2 is 1.78 bits per heavy atom. The number of rotatable bonds is 3. The van der Waals surface area contributed by atoms with Gasteiger partial charge in [0.05, 0.1) is 10.5 Å². The van der Waals surface area contributed by atoms with Gasteiger partial charge in [0.2, 0.25) is 10.0 Å². The first kappa shape index (κ1) is 20.1. The van der Waals surface area contributed by atoms with Crippen LogP contribution < -0.4 is 5.32 Å². The maximum absolute atomic E-state index is 13.5. The van der Waals surface area contributed by atoms with Crippen LogP contribution in [0.4, 0.5) is 17.6 Å². The summed E-state index contributed by atoms with van der Waals surface area (Å²) in [4.78, 5) is -0.457. The molecule has 1 aliphatic heterocycles. The van der Waals surface area contributed by atoms with Crippen LogP contribution in [-0.4, -0.2) is 38.9 Å². The highest BCUT2D eigenvalue weighted by atomic mass is 35.5. The lowest BCUT2D eigenvalue weighted by Gasteiger charge is -2.31. The van der Waals surface area contributed by atoms with Crippen molar-refractivity contribution in [2.24, 2.45) is 0 Å². The Hall–Kier alpha value is -0.900. The Balaban J connectivity index is 0.00000264. The van der Waals surface area contributed by atoms with Gasteiger partial charge in [-0.25, -0.2) is 12.8 Å². The molecule has 0 aromatic heterocycles. The molecule has 10 heteroatoms. The molecule has 2 rings (SSSR count). The van der Waals surface area contributed by atoms with Gasteiger partial charge in [-0.05, 0) is 38.1 Å². The van der Waals surface area contributed by atoms with Gasteiger partial charge in [-0.3, -0.25) is 0 Å². The third-order valence-electron chi connectivity index (χ3n) is 3.75. The molecule has 0 atom stereocenters. The maximum atomic E-state index is 13.5. The van der Waals surface area contributed by atoms with Gasteiger partial charge in [-0.1, -0.05) is 0 Å². The quantitative estimate of drug-likeness (QED) is 0.825. The predicted octanol–water partition coefficient (Wildman–Crippen LogP) is 2.64. The summed E-state index contributed by atoms with van der Waals surface area (Å²) in [6.07, 6.45) is -3.66. The minimum atomic E-state index is -4.85. The summed E-state index contributed by atoms with van der Waals surface area (Å²) < 4.78 is 76.9. The highest BCUT2D eigenvalue weighted by Crippen LogP contribution is 2.33. The topological polar surface area (TPSA) is 49.4 Å². The molecule has 0 amide bonds. The van der Waals surface area contributed by atoms with E-state index in [1.807, 2.05) is 0 Å². The number of alkyl halides is 3. The monoisotopic (exact) mass is 376 g/mol. The first-order valence-electron chi connectivity index (χ1n) is 6.70. The van der Waals surface area contributed by atoms with Crippen molar-refractivity contribution in [1.82, 2.24) is 9.62 Å². The molecule has 0 bridgehead atoms. The van der Waals surface area contributed by atoms with Crippen molar-refractivity contribution in [2.45, 2.75) is 30.0 Å². The molecule has 0 saturated carbocycles. The Morgan fingerprint density at radius 3 is 2.22 bits per heavy atom. The minimum Gasteiger partial charge on any atom is -0.317 e. The number of piperidine rings is 1. The molecule has 1 aromatic carbocycles. The summed E-state index contributed by atoms with van der Waals surface area (Å²) >= 11 is 0. The molecule has 1 N–H and O–H groups in total. The fraction of sp³-hybridized carbons (Fsp3) is 0.538. The molecule has 0 radical (unpaired) electrons. The molecule has 23 heavy (non-hydrogen) atoms. The van der Waals surface area contributed by atoms with Crippen molar-refractivity contribution in [3.8, 4) is 0 Å². The van der Waals surface area contributed by atoms with Gasteiger partial charge in [-0.15, -0.1) is 12.4 Å². The standard InChI is InChI=1S/C13H16F4N2O2S.ClH/c1-18-9-4-6-19(7-5-9)22(20,21)10-2-3-11(12(14)8-10)13(15,16)17;/h2-3,8-9,18H,4-7H2,1H3;1H. The summed E-state index contributed by atoms with van der Waals surface area (Å²) in [6.45, 7) is 0.493. The number of nitrogens with zero attached hydrogens (tertiary/aromatic N) is 1. The van der Waals surface area contributed by atoms with E-state index in [0.29, 0.717) is 25.0 Å². The summed E-state index contributed by atoms with van der Waals surface area (Å²) in [5.41, 5.74) is -1.47. The molecule has 0 unspecified atom stereocenters. The summed E-state index contributed by atoms with van der Waals surface area (Å²) in [7, 11) is -2.20. The number of nitrogens with one attached hydrogen (secondary N) is 1. The van der Waals surface area contributed by atoms with E-state index in [0.717, 1.165) is 6.07 Å². The van der Waals surface area contributed by atoms with Crippen LogP contribution in [0.25, 0.3) is 0 Å². The van der Waals surface area contributed by atoms with Crippen LogP contribution in [0, 0.1) is 5.82 Å². The van der Waals surface area contributed by atoms with Crippen LogP contribution in [0.3, 0.4) is 0 Å². The highest BCUT2D eigenvalue weighted by molar-refractivity contribution is 7.89. The van der Waals surface area contributed by atoms with E-state index in [-0.39, 0.29) is 31.5 Å². The summed E-state index contributed by atoms with van der Waals surface area (Å²) in [6, 6.07) is 1.90. The van der Waals surface area contributed by atoms with Crippen LogP contribution in [0.15, 0.2) is 23.1 Å². The van der Waals surface area contributed by atoms with Gasteiger partial charge >= 0.3 is 6.18 Å². The van der Waals surface area contributed by atoms with Gasteiger partial charge in [-0.2, -0.15) is 17.5 Å².